The Morgan fingerprint density at radius 1 is 0.913 bits per heavy atom. The van der Waals surface area contributed by atoms with Gasteiger partial charge in [0.1, 0.15) is 5.82 Å². The van der Waals surface area contributed by atoms with Gasteiger partial charge in [-0.1, -0.05) is 59.6 Å². The third-order valence-electron chi connectivity index (χ3n) is 7.35. The van der Waals surface area contributed by atoms with Crippen molar-refractivity contribution in [2.24, 2.45) is 0 Å². The molecule has 10 nitrogen and oxygen atoms in total. The number of nitrogens with zero attached hydrogens (tertiary/aromatic N) is 3. The molecule has 1 aromatic heterocycles. The number of fused-ring (bicyclic) bond motifs is 2. The van der Waals surface area contributed by atoms with Crippen molar-refractivity contribution in [3.05, 3.63) is 94.6 Å². The normalized spacial score (nSPS) is 14.4. The Labute approximate surface area is 300 Å². The minimum Gasteiger partial charge on any atom is -0.748 e. The summed E-state index contributed by atoms with van der Waals surface area (Å²) in [4.78, 5) is 3.92. The van der Waals surface area contributed by atoms with Crippen LogP contribution in [-0.4, -0.2) is 50.5 Å². The van der Waals surface area contributed by atoms with Gasteiger partial charge in [0, 0.05) is 31.3 Å². The zero-order valence-electron chi connectivity index (χ0n) is 25.3. The first-order valence-electron chi connectivity index (χ1n) is 14.2. The van der Waals surface area contributed by atoms with Gasteiger partial charge in [0.2, 0.25) is 5.58 Å². The molecule has 2 heterocycles. The molecule has 0 bridgehead atoms. The van der Waals surface area contributed by atoms with Crippen molar-refractivity contribution < 1.29 is 64.5 Å². The topological polar surface area (TPSA) is 135 Å². The number of aromatic nitrogens is 1. The molecular formula is C31H31Cl2N3NaO7S2+. The van der Waals surface area contributed by atoms with Crippen molar-refractivity contribution in [1.82, 2.24) is 0 Å². The number of anilines is 2. The fourth-order valence-corrected chi connectivity index (χ4v) is 6.68. The van der Waals surface area contributed by atoms with Crippen molar-refractivity contribution in [3.63, 3.8) is 0 Å². The van der Waals surface area contributed by atoms with Gasteiger partial charge < -0.3 is 18.8 Å². The minimum absolute atomic E-state index is 0. The number of hydrogen-bond acceptors (Lipinski definition) is 8. The van der Waals surface area contributed by atoms with Crippen LogP contribution in [0, 0.1) is 0 Å². The number of aryl methyl sites for hydroxylation is 1. The molecule has 1 aliphatic heterocycles. The van der Waals surface area contributed by atoms with E-state index in [1.54, 1.807) is 24.3 Å². The van der Waals surface area contributed by atoms with Gasteiger partial charge in [-0.25, -0.2) is 8.42 Å². The van der Waals surface area contributed by atoms with Crippen LogP contribution in [0.25, 0.3) is 28.3 Å². The van der Waals surface area contributed by atoms with E-state index in [9.17, 15) is 25.9 Å². The van der Waals surface area contributed by atoms with E-state index < -0.39 is 31.7 Å². The molecule has 5 rings (SSSR count). The average Bonchev–Trinajstić information content (AvgIpc) is 3.46. The van der Waals surface area contributed by atoms with Crippen LogP contribution in [0.1, 0.15) is 25.7 Å². The van der Waals surface area contributed by atoms with Crippen LogP contribution in [0.5, 0.6) is 0 Å². The second-order valence-corrected chi connectivity index (χ2v) is 14.3. The Bertz CT molecular complexity index is 2000. The van der Waals surface area contributed by atoms with Crippen LogP contribution in [0.3, 0.4) is 0 Å². The fourth-order valence-electron chi connectivity index (χ4n) is 5.38. The average molecular weight is 716 g/mol. The molecule has 0 saturated heterocycles. The molecule has 0 fully saturated rings. The predicted molar refractivity (Wildman–Crippen MR) is 176 cm³/mol. The molecule has 0 unspecified atom stereocenters. The zero-order chi connectivity index (χ0) is 32.4. The smallest absolute Gasteiger partial charge is 0.748 e. The number of oxazole rings is 1. The van der Waals surface area contributed by atoms with Crippen molar-refractivity contribution >= 4 is 72.0 Å². The van der Waals surface area contributed by atoms with E-state index in [1.807, 2.05) is 75.9 Å². The Hall–Kier alpha value is -2.39. The molecule has 4 aromatic rings. The first-order chi connectivity index (χ1) is 21.3. The molecule has 1 N–H and O–H groups in total. The third-order valence-corrected chi connectivity index (χ3v) is 9.67. The van der Waals surface area contributed by atoms with E-state index >= 15 is 0 Å². The van der Waals surface area contributed by atoms with E-state index in [0.29, 0.717) is 28.1 Å². The molecule has 3 aromatic carbocycles. The summed E-state index contributed by atoms with van der Waals surface area (Å²) in [5, 5.41) is 0.725. The predicted octanol–water partition coefficient (Wildman–Crippen LogP) is 3.11. The van der Waals surface area contributed by atoms with Crippen molar-refractivity contribution in [1.29, 1.82) is 0 Å². The Morgan fingerprint density at radius 2 is 1.59 bits per heavy atom. The summed E-state index contributed by atoms with van der Waals surface area (Å²) < 4.78 is 74.2. The molecule has 0 saturated carbocycles. The number of rotatable bonds is 12. The maximum Gasteiger partial charge on any atom is 1.00 e. The second kappa shape index (κ2) is 15.2. The quantitative estimate of drug-likeness (QED) is 0.133. The minimum atomic E-state index is -4.39. The number of benzene rings is 3. The summed E-state index contributed by atoms with van der Waals surface area (Å²) in [5.74, 6) is 0.256. The maximum absolute atomic E-state index is 11.4. The van der Waals surface area contributed by atoms with Crippen molar-refractivity contribution in [3.8, 4) is 11.1 Å². The molecule has 46 heavy (non-hydrogen) atoms. The van der Waals surface area contributed by atoms with Gasteiger partial charge >= 0.3 is 35.4 Å². The van der Waals surface area contributed by atoms with Gasteiger partial charge in [-0.15, -0.1) is 0 Å². The van der Waals surface area contributed by atoms with E-state index in [2.05, 4.69) is 0 Å². The summed E-state index contributed by atoms with van der Waals surface area (Å²) >= 11 is 12.7. The van der Waals surface area contributed by atoms with E-state index in [4.69, 9.17) is 27.6 Å². The first kappa shape index (κ1) is 36.4. The van der Waals surface area contributed by atoms with Gasteiger partial charge in [0.25, 0.3) is 15.6 Å². The third kappa shape index (κ3) is 8.74. The van der Waals surface area contributed by atoms with Crippen LogP contribution in [0.4, 0.5) is 11.4 Å². The summed E-state index contributed by atoms with van der Waals surface area (Å²) in [7, 11) is -8.54. The van der Waals surface area contributed by atoms with Gasteiger partial charge in [-0.05, 0) is 54.8 Å². The van der Waals surface area contributed by atoms with Crippen LogP contribution >= 0.6 is 23.2 Å². The zero-order valence-corrected chi connectivity index (χ0v) is 30.4. The fraction of sp³-hybridized carbons (Fsp3) is 0.258. The molecular weight excluding hydrogens is 684 g/mol. The summed E-state index contributed by atoms with van der Waals surface area (Å²) in [6.45, 7) is 3.04. The van der Waals surface area contributed by atoms with Gasteiger partial charge in [0.05, 0.1) is 43.4 Å². The van der Waals surface area contributed by atoms with E-state index in [0.717, 1.165) is 33.8 Å². The van der Waals surface area contributed by atoms with Gasteiger partial charge in [0.15, 0.2) is 6.54 Å². The number of halogens is 2. The number of hydrogen-bond donors (Lipinski definition) is 1. The van der Waals surface area contributed by atoms with Crippen LogP contribution in [0.2, 0.25) is 10.0 Å². The largest absolute Gasteiger partial charge is 1.00 e. The molecule has 0 amide bonds. The molecule has 238 valence electrons. The first-order valence-corrected chi connectivity index (χ1v) is 18.1. The SMILES string of the molecule is CCN1/C(=C/C=C/c2oc3ccc(-c4ccccc4)cc3[n+]2CCCS(=O)(=O)[O-])N(CCCS(=O)(=O)O)c2cc(Cl)c(Cl)cc21.[Na+]. The maximum atomic E-state index is 11.4. The standard InChI is InChI=1S/C31H31Cl2N3O7S2.Na/c1-2-34-26-20-24(32)25(33)21-27(26)35(15-7-17-44(37,38)39)30(34)11-6-12-31-36(16-8-18-45(40,41)42)28-19-23(13-14-29(28)43-31)22-9-4-3-5-10-22;/h3-6,9-14,19-21H,2,7-8,15-18H2,1H3,(H-,37,38,39,40,41,42);/q;+1. The van der Waals surface area contributed by atoms with Crippen LogP contribution in [0.15, 0.2) is 83.1 Å². The molecule has 15 heteroatoms. The summed E-state index contributed by atoms with van der Waals surface area (Å²) in [6, 6.07) is 19.0. The van der Waals surface area contributed by atoms with Crippen molar-refractivity contribution in [2.75, 3.05) is 34.4 Å². The van der Waals surface area contributed by atoms with Gasteiger partial charge in [-0.3, -0.25) is 4.55 Å². The Balaban J connectivity index is 0.00000480. The van der Waals surface area contributed by atoms with Crippen LogP contribution < -0.4 is 43.9 Å². The molecule has 0 spiro atoms. The molecule has 0 aliphatic carbocycles. The van der Waals surface area contributed by atoms with Crippen molar-refractivity contribution in [2.45, 2.75) is 26.3 Å². The summed E-state index contributed by atoms with van der Waals surface area (Å²) in [6.07, 6.45) is 5.62. The van der Waals surface area contributed by atoms with E-state index in [-0.39, 0.29) is 55.5 Å². The second-order valence-electron chi connectivity index (χ2n) is 10.4. The van der Waals surface area contributed by atoms with E-state index in [1.165, 1.54) is 0 Å². The molecule has 0 atom stereocenters. The number of allylic oxidation sites excluding steroid dienone is 2. The summed E-state index contributed by atoms with van der Waals surface area (Å²) in [5.41, 5.74) is 4.83. The monoisotopic (exact) mass is 714 g/mol. The van der Waals surface area contributed by atoms with Gasteiger partial charge in [-0.2, -0.15) is 13.0 Å². The molecule has 0 radical (unpaired) electrons. The van der Waals surface area contributed by atoms with Crippen LogP contribution in [-0.2, 0) is 26.8 Å². The Morgan fingerprint density at radius 3 is 2.22 bits per heavy atom. The Kier molecular flexibility index (Phi) is 12.1. The molecule has 1 aliphatic rings.